The van der Waals surface area contributed by atoms with Gasteiger partial charge >= 0.3 is 0 Å². The van der Waals surface area contributed by atoms with Crippen LogP contribution in [0.3, 0.4) is 0 Å². The number of aliphatic imine (C=N–C) groups is 1. The van der Waals surface area contributed by atoms with Crippen LogP contribution in [-0.2, 0) is 9.59 Å². The molecule has 0 aromatic heterocycles. The van der Waals surface area contributed by atoms with Gasteiger partial charge in [-0.1, -0.05) is 11.8 Å². The van der Waals surface area contributed by atoms with Gasteiger partial charge in [-0.2, -0.15) is 4.99 Å². The number of rotatable bonds is 2. The summed E-state index contributed by atoms with van der Waals surface area (Å²) in [6, 6.07) is 0. The van der Waals surface area contributed by atoms with Gasteiger partial charge in [0.25, 0.3) is 5.91 Å². The van der Waals surface area contributed by atoms with E-state index in [1.54, 1.807) is 0 Å². The van der Waals surface area contributed by atoms with Crippen molar-refractivity contribution < 1.29 is 9.59 Å². The third kappa shape index (κ3) is 1.36. The Balaban J connectivity index is 2.55. The Kier molecular flexibility index (Phi) is 2.06. The molecule has 0 fully saturated rings. The molecule has 54 valence electrons. The molecule has 0 aromatic carbocycles. The molecule has 1 aliphatic heterocycles. The molecule has 0 saturated heterocycles. The standard InChI is InChI=1S/C5H6N2O2S/c6-5-7-4(9)3(10-5)1-2-8/h2-3H,1H2,(H2,6,7,9). The van der Waals surface area contributed by atoms with E-state index in [9.17, 15) is 9.59 Å². The molecule has 0 aromatic rings. The fourth-order valence-electron chi connectivity index (χ4n) is 0.639. The first-order valence-corrected chi connectivity index (χ1v) is 3.60. The summed E-state index contributed by atoms with van der Waals surface area (Å²) in [5, 5.41) is -0.102. The van der Waals surface area contributed by atoms with E-state index in [0.717, 1.165) is 11.8 Å². The monoisotopic (exact) mass is 158 g/mol. The predicted octanol–water partition coefficient (Wildman–Crippen LogP) is -0.468. The minimum Gasteiger partial charge on any atom is -0.378 e. The fraction of sp³-hybridized carbons (Fsp3) is 0.400. The van der Waals surface area contributed by atoms with Crippen LogP contribution < -0.4 is 5.73 Å². The van der Waals surface area contributed by atoms with Crippen LogP contribution in [0.25, 0.3) is 0 Å². The maximum atomic E-state index is 10.7. The van der Waals surface area contributed by atoms with Gasteiger partial charge in [0.1, 0.15) is 11.5 Å². The number of nitrogens with zero attached hydrogens (tertiary/aromatic N) is 1. The van der Waals surface area contributed by atoms with E-state index < -0.39 is 0 Å². The minimum atomic E-state index is -0.363. The Hall–Kier alpha value is -0.840. The second-order valence-electron chi connectivity index (χ2n) is 1.80. The van der Waals surface area contributed by atoms with Crippen molar-refractivity contribution in [3.8, 4) is 0 Å². The molecule has 5 heteroatoms. The smallest absolute Gasteiger partial charge is 0.262 e. The predicted molar refractivity (Wildman–Crippen MR) is 38.7 cm³/mol. The quantitative estimate of drug-likeness (QED) is 0.551. The van der Waals surface area contributed by atoms with Crippen LogP contribution in [0, 0.1) is 0 Å². The number of thioether (sulfide) groups is 1. The van der Waals surface area contributed by atoms with Crippen molar-refractivity contribution in [2.24, 2.45) is 10.7 Å². The highest BCUT2D eigenvalue weighted by molar-refractivity contribution is 8.15. The van der Waals surface area contributed by atoms with E-state index in [1.807, 2.05) is 0 Å². The normalized spacial score (nSPS) is 24.6. The van der Waals surface area contributed by atoms with Crippen LogP contribution in [0.5, 0.6) is 0 Å². The SMILES string of the molecule is NC1=NC(=O)C(CC=O)S1. The molecule has 1 aliphatic rings. The summed E-state index contributed by atoms with van der Waals surface area (Å²) >= 11 is 1.15. The second kappa shape index (κ2) is 2.83. The van der Waals surface area contributed by atoms with Gasteiger partial charge in [0.2, 0.25) is 0 Å². The van der Waals surface area contributed by atoms with Gasteiger partial charge in [-0.05, 0) is 0 Å². The van der Waals surface area contributed by atoms with Gasteiger partial charge in [0, 0.05) is 6.42 Å². The molecule has 10 heavy (non-hydrogen) atoms. The zero-order valence-electron chi connectivity index (χ0n) is 5.11. The van der Waals surface area contributed by atoms with Crippen molar-refractivity contribution in [2.45, 2.75) is 11.7 Å². The molecular formula is C5H6N2O2S. The maximum Gasteiger partial charge on any atom is 0.262 e. The molecule has 1 heterocycles. The summed E-state index contributed by atoms with van der Waals surface area (Å²) in [6.07, 6.45) is 0.900. The lowest BCUT2D eigenvalue weighted by atomic mass is 10.3. The zero-order chi connectivity index (χ0) is 7.56. The molecule has 0 saturated carbocycles. The molecule has 1 rings (SSSR count). The third-order valence-electron chi connectivity index (χ3n) is 1.07. The molecule has 1 unspecified atom stereocenters. The highest BCUT2D eigenvalue weighted by Crippen LogP contribution is 2.21. The Morgan fingerprint density at radius 3 is 2.90 bits per heavy atom. The summed E-state index contributed by atoms with van der Waals surface area (Å²) in [5.74, 6) is -0.297. The van der Waals surface area contributed by atoms with Crippen molar-refractivity contribution >= 4 is 29.1 Å². The Morgan fingerprint density at radius 1 is 1.80 bits per heavy atom. The van der Waals surface area contributed by atoms with E-state index in [2.05, 4.69) is 4.99 Å². The number of hydrogen-bond acceptors (Lipinski definition) is 4. The summed E-state index contributed by atoms with van der Waals surface area (Å²) in [5.41, 5.74) is 5.22. The van der Waals surface area contributed by atoms with Crippen molar-refractivity contribution in [2.75, 3.05) is 0 Å². The summed E-state index contributed by atoms with van der Waals surface area (Å²) < 4.78 is 0. The first kappa shape index (κ1) is 7.27. The van der Waals surface area contributed by atoms with E-state index in [-0.39, 0.29) is 22.7 Å². The average molecular weight is 158 g/mol. The molecule has 0 radical (unpaired) electrons. The number of amides is 1. The fourth-order valence-corrected chi connectivity index (χ4v) is 1.40. The highest BCUT2D eigenvalue weighted by Gasteiger charge is 2.25. The highest BCUT2D eigenvalue weighted by atomic mass is 32.2. The van der Waals surface area contributed by atoms with Crippen molar-refractivity contribution in [1.82, 2.24) is 0 Å². The Bertz CT molecular complexity index is 202. The molecule has 1 amide bonds. The van der Waals surface area contributed by atoms with Crippen molar-refractivity contribution in [3.05, 3.63) is 0 Å². The van der Waals surface area contributed by atoms with Crippen LogP contribution in [0.4, 0.5) is 0 Å². The van der Waals surface area contributed by atoms with Crippen molar-refractivity contribution in [3.63, 3.8) is 0 Å². The topological polar surface area (TPSA) is 72.5 Å². The Morgan fingerprint density at radius 2 is 2.50 bits per heavy atom. The van der Waals surface area contributed by atoms with Gasteiger partial charge in [-0.3, -0.25) is 4.79 Å². The lowest BCUT2D eigenvalue weighted by molar-refractivity contribution is -0.118. The zero-order valence-corrected chi connectivity index (χ0v) is 5.93. The van der Waals surface area contributed by atoms with E-state index in [4.69, 9.17) is 5.73 Å². The van der Waals surface area contributed by atoms with Gasteiger partial charge in [0.15, 0.2) is 5.17 Å². The number of carbonyl (C=O) groups excluding carboxylic acids is 2. The molecule has 0 aliphatic carbocycles. The third-order valence-corrected chi connectivity index (χ3v) is 2.08. The van der Waals surface area contributed by atoms with Crippen LogP contribution in [0.2, 0.25) is 0 Å². The van der Waals surface area contributed by atoms with Crippen LogP contribution in [0.1, 0.15) is 6.42 Å². The van der Waals surface area contributed by atoms with Gasteiger partial charge in [-0.25, -0.2) is 0 Å². The van der Waals surface area contributed by atoms with Crippen LogP contribution in [0.15, 0.2) is 4.99 Å². The summed E-state index contributed by atoms with van der Waals surface area (Å²) in [6.45, 7) is 0. The van der Waals surface area contributed by atoms with Crippen molar-refractivity contribution in [1.29, 1.82) is 0 Å². The van der Waals surface area contributed by atoms with E-state index in [1.165, 1.54) is 0 Å². The largest absolute Gasteiger partial charge is 0.378 e. The number of carbonyl (C=O) groups is 2. The molecule has 1 atom stereocenters. The summed E-state index contributed by atoms with van der Waals surface area (Å²) in [7, 11) is 0. The Labute approximate surface area is 61.9 Å². The van der Waals surface area contributed by atoms with Crippen LogP contribution in [-0.4, -0.2) is 22.6 Å². The van der Waals surface area contributed by atoms with E-state index >= 15 is 0 Å². The van der Waals surface area contributed by atoms with Crippen LogP contribution >= 0.6 is 11.8 Å². The molecule has 2 N–H and O–H groups in total. The molecule has 0 spiro atoms. The van der Waals surface area contributed by atoms with Gasteiger partial charge in [-0.15, -0.1) is 0 Å². The molecular weight excluding hydrogens is 152 g/mol. The first-order chi connectivity index (χ1) is 4.74. The van der Waals surface area contributed by atoms with E-state index in [0.29, 0.717) is 6.29 Å². The number of nitrogens with two attached hydrogens (primary N) is 1. The number of hydrogen-bond donors (Lipinski definition) is 1. The molecule has 0 bridgehead atoms. The first-order valence-electron chi connectivity index (χ1n) is 2.72. The maximum absolute atomic E-state index is 10.7. The average Bonchev–Trinajstić information content (AvgIpc) is 2.13. The number of aldehydes is 1. The lowest BCUT2D eigenvalue weighted by Gasteiger charge is -1.96. The molecule has 4 nitrogen and oxygen atoms in total. The summed E-state index contributed by atoms with van der Waals surface area (Å²) in [4.78, 5) is 24.1. The lowest BCUT2D eigenvalue weighted by Crippen LogP contribution is -2.10. The second-order valence-corrected chi connectivity index (χ2v) is 3.02. The number of amidine groups is 1. The van der Waals surface area contributed by atoms with Gasteiger partial charge < -0.3 is 10.5 Å². The minimum absolute atomic E-state index is 0.202. The van der Waals surface area contributed by atoms with Gasteiger partial charge in [0.05, 0.1) is 0 Å².